The molecule has 0 spiro atoms. The Balaban J connectivity index is 2.37. The molecule has 19 heavy (non-hydrogen) atoms. The molecule has 0 atom stereocenters. The van der Waals surface area contributed by atoms with Crippen LogP contribution in [0.5, 0.6) is 6.01 Å². The molecule has 1 heterocycles. The Morgan fingerprint density at radius 1 is 1.26 bits per heavy atom. The quantitative estimate of drug-likeness (QED) is 0.848. The van der Waals surface area contributed by atoms with Crippen molar-refractivity contribution in [3.63, 3.8) is 0 Å². The standard InChI is InChI=1S/C13H16N4OS/c1-3-18-12-15-11(14)17(13(16-12)19-2)9-10-7-5-4-6-8-10/h4-8,14H,3,9H2,1-2H3. The van der Waals surface area contributed by atoms with Gasteiger partial charge in [0, 0.05) is 0 Å². The fourth-order valence-corrected chi connectivity index (χ4v) is 2.21. The van der Waals surface area contributed by atoms with Crippen LogP contribution in [0.4, 0.5) is 0 Å². The van der Waals surface area contributed by atoms with Crippen LogP contribution in [0.3, 0.4) is 0 Å². The molecule has 0 radical (unpaired) electrons. The van der Waals surface area contributed by atoms with E-state index in [9.17, 15) is 0 Å². The van der Waals surface area contributed by atoms with Gasteiger partial charge in [-0.1, -0.05) is 42.1 Å². The molecular weight excluding hydrogens is 260 g/mol. The molecular formula is C13H16N4OS. The summed E-state index contributed by atoms with van der Waals surface area (Å²) in [5.41, 5.74) is 1.27. The Hall–Kier alpha value is -1.82. The van der Waals surface area contributed by atoms with E-state index in [0.29, 0.717) is 13.2 Å². The van der Waals surface area contributed by atoms with Gasteiger partial charge in [0.2, 0.25) is 5.62 Å². The van der Waals surface area contributed by atoms with Gasteiger partial charge in [-0.15, -0.1) is 0 Å². The van der Waals surface area contributed by atoms with Gasteiger partial charge < -0.3 is 4.74 Å². The van der Waals surface area contributed by atoms with Crippen molar-refractivity contribution in [1.29, 1.82) is 5.41 Å². The van der Waals surface area contributed by atoms with Crippen molar-refractivity contribution in [3.8, 4) is 6.01 Å². The molecule has 5 nitrogen and oxygen atoms in total. The minimum atomic E-state index is 0.159. The Labute approximate surface area is 116 Å². The van der Waals surface area contributed by atoms with E-state index in [2.05, 4.69) is 9.97 Å². The van der Waals surface area contributed by atoms with Crippen molar-refractivity contribution in [2.75, 3.05) is 12.9 Å². The van der Waals surface area contributed by atoms with Crippen LogP contribution in [0.25, 0.3) is 0 Å². The third-order valence-corrected chi connectivity index (χ3v) is 3.20. The van der Waals surface area contributed by atoms with E-state index in [0.717, 1.165) is 10.7 Å². The number of rotatable bonds is 5. The van der Waals surface area contributed by atoms with Crippen LogP contribution in [0.1, 0.15) is 12.5 Å². The average Bonchev–Trinajstić information content (AvgIpc) is 2.43. The van der Waals surface area contributed by atoms with Crippen LogP contribution in [-0.4, -0.2) is 27.4 Å². The molecule has 2 aromatic rings. The van der Waals surface area contributed by atoms with Crippen LogP contribution in [0, 0.1) is 5.41 Å². The lowest BCUT2D eigenvalue weighted by Gasteiger charge is -2.12. The molecule has 0 aliphatic rings. The fourth-order valence-electron chi connectivity index (χ4n) is 1.67. The predicted octanol–water partition coefficient (Wildman–Crippen LogP) is 1.93. The molecule has 6 heteroatoms. The molecule has 0 amide bonds. The first kappa shape index (κ1) is 13.6. The molecule has 1 aromatic heterocycles. The van der Waals surface area contributed by atoms with Crippen molar-refractivity contribution in [1.82, 2.24) is 14.5 Å². The topological polar surface area (TPSA) is 63.8 Å². The van der Waals surface area contributed by atoms with Crippen molar-refractivity contribution in [2.24, 2.45) is 0 Å². The number of nitrogens with zero attached hydrogens (tertiary/aromatic N) is 3. The third-order valence-electron chi connectivity index (χ3n) is 2.52. The molecule has 0 saturated heterocycles. The average molecular weight is 276 g/mol. The normalized spacial score (nSPS) is 10.4. The Morgan fingerprint density at radius 2 is 2.00 bits per heavy atom. The highest BCUT2D eigenvalue weighted by atomic mass is 32.2. The van der Waals surface area contributed by atoms with Crippen molar-refractivity contribution in [2.45, 2.75) is 18.6 Å². The second kappa shape index (κ2) is 6.38. The molecule has 2 rings (SSSR count). The summed E-state index contributed by atoms with van der Waals surface area (Å²) in [6.07, 6.45) is 1.93. The highest BCUT2D eigenvalue weighted by Crippen LogP contribution is 2.13. The maximum absolute atomic E-state index is 8.00. The summed E-state index contributed by atoms with van der Waals surface area (Å²) in [5, 5.41) is 8.73. The number of hydrogen-bond donors (Lipinski definition) is 1. The van der Waals surface area contributed by atoms with Crippen molar-refractivity contribution in [3.05, 3.63) is 41.5 Å². The molecule has 0 saturated carbocycles. The lowest BCUT2D eigenvalue weighted by molar-refractivity contribution is 0.300. The first-order chi connectivity index (χ1) is 9.24. The molecule has 1 N–H and O–H groups in total. The molecule has 100 valence electrons. The van der Waals surface area contributed by atoms with Gasteiger partial charge in [0.05, 0.1) is 13.2 Å². The van der Waals surface area contributed by atoms with E-state index >= 15 is 0 Å². The lowest BCUT2D eigenvalue weighted by Crippen LogP contribution is -2.27. The Kier molecular flexibility index (Phi) is 4.57. The minimum Gasteiger partial charge on any atom is -0.464 e. The summed E-state index contributed by atoms with van der Waals surface area (Å²) in [7, 11) is 0. The zero-order valence-corrected chi connectivity index (χ0v) is 11.8. The van der Waals surface area contributed by atoms with Crippen LogP contribution >= 0.6 is 11.8 Å². The van der Waals surface area contributed by atoms with Gasteiger partial charge in [0.15, 0.2) is 5.16 Å². The van der Waals surface area contributed by atoms with Gasteiger partial charge in [-0.3, -0.25) is 9.98 Å². The smallest absolute Gasteiger partial charge is 0.322 e. The van der Waals surface area contributed by atoms with E-state index in [1.54, 1.807) is 4.57 Å². The zero-order chi connectivity index (χ0) is 13.7. The summed E-state index contributed by atoms with van der Waals surface area (Å²) in [6, 6.07) is 10.2. The molecule has 0 aliphatic carbocycles. The van der Waals surface area contributed by atoms with Crippen molar-refractivity contribution >= 4 is 11.8 Å². The summed E-state index contributed by atoms with van der Waals surface area (Å²) in [6.45, 7) is 2.95. The van der Waals surface area contributed by atoms with E-state index in [1.807, 2.05) is 43.5 Å². The first-order valence-corrected chi connectivity index (χ1v) is 7.21. The van der Waals surface area contributed by atoms with E-state index in [-0.39, 0.29) is 11.6 Å². The van der Waals surface area contributed by atoms with Crippen LogP contribution in [-0.2, 0) is 6.54 Å². The van der Waals surface area contributed by atoms with Gasteiger partial charge in [-0.2, -0.15) is 9.97 Å². The second-order valence-electron chi connectivity index (χ2n) is 3.82. The summed E-state index contributed by atoms with van der Waals surface area (Å²) < 4.78 is 7.03. The summed E-state index contributed by atoms with van der Waals surface area (Å²) in [4.78, 5) is 8.36. The number of ether oxygens (including phenoxy) is 1. The number of nitrogens with one attached hydrogen (secondary N) is 1. The van der Waals surface area contributed by atoms with Gasteiger partial charge >= 0.3 is 6.01 Å². The number of hydrogen-bond acceptors (Lipinski definition) is 5. The predicted molar refractivity (Wildman–Crippen MR) is 74.4 cm³/mol. The summed E-state index contributed by atoms with van der Waals surface area (Å²) >= 11 is 1.48. The Bertz CT molecular complexity index is 597. The van der Waals surface area contributed by atoms with Crippen LogP contribution < -0.4 is 10.4 Å². The zero-order valence-electron chi connectivity index (χ0n) is 11.0. The molecule has 0 fully saturated rings. The monoisotopic (exact) mass is 276 g/mol. The lowest BCUT2D eigenvalue weighted by atomic mass is 10.2. The summed E-state index contributed by atoms with van der Waals surface area (Å²) in [5.74, 6) is 0. The molecule has 0 aliphatic heterocycles. The maximum Gasteiger partial charge on any atom is 0.322 e. The number of thioether (sulfide) groups is 1. The SMILES string of the molecule is CCOc1nc(SC)n(Cc2ccccc2)c(=N)n1. The minimum absolute atomic E-state index is 0.159. The van der Waals surface area contributed by atoms with Crippen LogP contribution in [0.15, 0.2) is 35.5 Å². The van der Waals surface area contributed by atoms with Crippen molar-refractivity contribution < 1.29 is 4.74 Å². The van der Waals surface area contributed by atoms with Gasteiger partial charge in [-0.05, 0) is 18.7 Å². The molecule has 1 aromatic carbocycles. The highest BCUT2D eigenvalue weighted by Gasteiger charge is 2.08. The first-order valence-electron chi connectivity index (χ1n) is 5.98. The van der Waals surface area contributed by atoms with E-state index in [4.69, 9.17) is 10.1 Å². The van der Waals surface area contributed by atoms with Gasteiger partial charge in [0.25, 0.3) is 0 Å². The molecule has 0 bridgehead atoms. The number of aromatic nitrogens is 3. The Morgan fingerprint density at radius 3 is 2.63 bits per heavy atom. The third kappa shape index (κ3) is 3.35. The van der Waals surface area contributed by atoms with Gasteiger partial charge in [0.1, 0.15) is 0 Å². The molecule has 0 unspecified atom stereocenters. The highest BCUT2D eigenvalue weighted by molar-refractivity contribution is 7.98. The van der Waals surface area contributed by atoms with E-state index < -0.39 is 0 Å². The van der Waals surface area contributed by atoms with E-state index in [1.165, 1.54) is 11.8 Å². The maximum atomic E-state index is 8.00. The number of benzene rings is 1. The fraction of sp³-hybridized carbons (Fsp3) is 0.308. The van der Waals surface area contributed by atoms with Crippen LogP contribution in [0.2, 0.25) is 0 Å². The second-order valence-corrected chi connectivity index (χ2v) is 4.59. The largest absolute Gasteiger partial charge is 0.464 e. The van der Waals surface area contributed by atoms with Gasteiger partial charge in [-0.25, -0.2) is 0 Å².